The number of hydrogen-bond acceptors (Lipinski definition) is 0. The second-order valence-electron chi connectivity index (χ2n) is 26.5. The van der Waals surface area contributed by atoms with Gasteiger partial charge in [-0.2, -0.15) is 0 Å². The van der Waals surface area contributed by atoms with Crippen molar-refractivity contribution in [2.75, 3.05) is 0 Å². The Morgan fingerprint density at radius 1 is 0.185 bits per heavy atom. The molecule has 276 valence electrons. The number of hydrogen-bond donors (Lipinski definition) is 0. The Morgan fingerprint density at radius 2 is 0.338 bits per heavy atom. The van der Waals surface area contributed by atoms with E-state index in [1.54, 1.807) is 260 Å². The molecule has 4 atom stereocenters. The molecule has 0 bridgehead atoms. The van der Waals surface area contributed by atoms with Gasteiger partial charge in [0.05, 0.1) is 0 Å². The predicted octanol–water partition coefficient (Wildman–Crippen LogP) is 16.0. The largest absolute Gasteiger partial charge is 0.0504 e. The first-order valence-electron chi connectivity index (χ1n) is 25.1. The van der Waals surface area contributed by atoms with Gasteiger partial charge in [-0.05, 0) is 321 Å². The van der Waals surface area contributed by atoms with Crippen LogP contribution >= 0.6 is 0 Å². The minimum Gasteiger partial charge on any atom is -0.0504 e. The molecule has 0 aromatic heterocycles. The number of benzene rings is 15. The molecule has 0 amide bonds. The Kier molecular flexibility index (Phi) is 1.89. The van der Waals surface area contributed by atoms with E-state index in [0.29, 0.717) is 5.92 Å². The van der Waals surface area contributed by atoms with Crippen molar-refractivity contribution >= 4 is 215 Å². The lowest BCUT2D eigenvalue weighted by Crippen LogP contribution is -2.53. The number of allylic oxidation sites excluding steroid dienone is 4. The molecule has 0 spiro atoms. The maximum absolute atomic E-state index is 2.88. The average Bonchev–Trinajstić information content (AvgIpc) is 4.15. The molecule has 0 radical (unpaired) electrons. The van der Waals surface area contributed by atoms with Crippen LogP contribution in [-0.2, 0) is 27.1 Å². The van der Waals surface area contributed by atoms with Gasteiger partial charge in [0.15, 0.2) is 0 Å². The molecule has 4 unspecified atom stereocenters. The normalized spacial score (nSPS) is 32.7. The SMILES string of the molecule is CC12C3=C4C5C6=C3C3(C)c7c1c1c8c2c2c9c%10c(c%11c%12c%13c(c%14c%15c%16c(c3c3c7c7c1c1c%17c8c9c8c9c%10c%12c%10c%12c%13c%15c%13c%15c%16c3c3c7c1c1c(c%178)c(c9%10)c(c%13%12)c1c3%15)C6%14C)C%115C)C42C. The van der Waals surface area contributed by atoms with Crippen molar-refractivity contribution in [2.24, 2.45) is 5.92 Å². The van der Waals surface area contributed by atoms with Crippen molar-refractivity contribution in [1.29, 1.82) is 0 Å². The Balaban J connectivity index is 1.25. The lowest BCUT2D eigenvalue weighted by atomic mass is 9.44. The first-order chi connectivity index (χ1) is 31.8. The van der Waals surface area contributed by atoms with Crippen LogP contribution in [0.25, 0.3) is 215 Å². The molecule has 11 aliphatic rings. The number of rotatable bonds is 0. The fourth-order valence-electron chi connectivity index (χ4n) is 26.6. The van der Waals surface area contributed by atoms with Crippen LogP contribution in [0.4, 0.5) is 0 Å². The van der Waals surface area contributed by atoms with Crippen molar-refractivity contribution in [3.63, 3.8) is 0 Å². The highest BCUT2D eigenvalue weighted by molar-refractivity contribution is 6.77. The van der Waals surface area contributed by atoms with Gasteiger partial charge in [-0.3, -0.25) is 0 Å². The molecule has 0 heteroatoms. The molecular formula is C65H16. The van der Waals surface area contributed by atoms with E-state index < -0.39 is 0 Å². The fourth-order valence-corrected chi connectivity index (χ4v) is 26.6. The highest BCUT2D eigenvalue weighted by Gasteiger charge is 2.78. The molecule has 21 aromatic rings. The monoisotopic (exact) mass is 796 g/mol. The van der Waals surface area contributed by atoms with Gasteiger partial charge in [-0.1, -0.05) is 6.92 Å². The molecule has 11 aliphatic carbocycles. The van der Waals surface area contributed by atoms with Gasteiger partial charge >= 0.3 is 0 Å². The summed E-state index contributed by atoms with van der Waals surface area (Å²) in [6.07, 6.45) is 0. The maximum atomic E-state index is 2.88. The Morgan fingerprint density at radius 3 is 0.554 bits per heavy atom. The van der Waals surface area contributed by atoms with Gasteiger partial charge < -0.3 is 0 Å². The molecule has 0 aliphatic heterocycles. The van der Waals surface area contributed by atoms with Gasteiger partial charge in [0.1, 0.15) is 0 Å². The topological polar surface area (TPSA) is 0 Å². The third-order valence-electron chi connectivity index (χ3n) is 26.6. The molecular weight excluding hydrogens is 781 g/mol. The van der Waals surface area contributed by atoms with Crippen LogP contribution in [0.3, 0.4) is 0 Å². The first-order valence-corrected chi connectivity index (χ1v) is 25.1. The molecule has 21 aromatic carbocycles. The van der Waals surface area contributed by atoms with Gasteiger partial charge in [0.2, 0.25) is 0 Å². The molecule has 0 fully saturated rings. The lowest BCUT2D eigenvalue weighted by Gasteiger charge is -2.58. The third-order valence-corrected chi connectivity index (χ3v) is 26.6. The standard InChI is InChI=1S/C65H16/c1-61-46-36-26-16-11-6-7-9-10-8(6)13-20-18(11)28(26)38-40-30(20)32-22(13)24-15(10)25-23-14(9)21-19-12(7)17(16)27-29(19)39-41-31(21)33(23)43-45-35(25)34(24)44-42(32)52-50(40)62(2,48(38)46)57-56(61)58-60-59(57)64(52,4)54(44)55(45)65(60,5)53(43)51(41)63(58,3)49(39)47(61)37(27)36/h56H,1-5H3. The zero-order chi connectivity index (χ0) is 39.3. The summed E-state index contributed by atoms with van der Waals surface area (Å²) < 4.78 is 0. The summed E-state index contributed by atoms with van der Waals surface area (Å²) >= 11 is 0. The van der Waals surface area contributed by atoms with E-state index in [1.807, 2.05) is 33.4 Å². The van der Waals surface area contributed by atoms with Crippen LogP contribution in [0.1, 0.15) is 90.3 Å². The van der Waals surface area contributed by atoms with E-state index in [2.05, 4.69) is 34.6 Å². The summed E-state index contributed by atoms with van der Waals surface area (Å²) in [5.41, 5.74) is 24.7. The average molecular weight is 797 g/mol. The van der Waals surface area contributed by atoms with E-state index in [9.17, 15) is 0 Å². The quantitative estimate of drug-likeness (QED) is 0.134. The van der Waals surface area contributed by atoms with Crippen molar-refractivity contribution in [3.05, 3.63) is 77.9 Å². The van der Waals surface area contributed by atoms with Crippen LogP contribution in [0.2, 0.25) is 0 Å². The van der Waals surface area contributed by atoms with Gasteiger partial charge in [-0.15, -0.1) is 0 Å². The summed E-state index contributed by atoms with van der Waals surface area (Å²) in [4.78, 5) is 0. The molecule has 0 N–H and O–H groups in total. The van der Waals surface area contributed by atoms with Crippen LogP contribution in [-0.4, -0.2) is 0 Å². The smallest absolute Gasteiger partial charge is 0.0446 e. The van der Waals surface area contributed by atoms with Crippen LogP contribution in [0.15, 0.2) is 22.3 Å². The van der Waals surface area contributed by atoms with Crippen molar-refractivity contribution in [2.45, 2.75) is 61.7 Å². The van der Waals surface area contributed by atoms with Crippen molar-refractivity contribution in [1.82, 2.24) is 0 Å². The zero-order valence-electron chi connectivity index (χ0n) is 35.1. The van der Waals surface area contributed by atoms with E-state index in [1.165, 1.54) is 0 Å². The van der Waals surface area contributed by atoms with E-state index >= 15 is 0 Å². The van der Waals surface area contributed by atoms with Crippen LogP contribution in [0.5, 0.6) is 0 Å². The van der Waals surface area contributed by atoms with Crippen molar-refractivity contribution in [3.8, 4) is 0 Å². The minimum atomic E-state index is -0.171. The zero-order valence-corrected chi connectivity index (χ0v) is 35.1. The lowest BCUT2D eigenvalue weighted by molar-refractivity contribution is 0.332. The second kappa shape index (κ2) is 5.05. The summed E-state index contributed by atoms with van der Waals surface area (Å²) in [5.74, 6) is 0.381. The fraction of sp³-hybridized carbons (Fsp3) is 0.169. The van der Waals surface area contributed by atoms with Gasteiger partial charge in [0.25, 0.3) is 0 Å². The molecule has 0 heterocycles. The van der Waals surface area contributed by atoms with E-state index in [-0.39, 0.29) is 27.1 Å². The van der Waals surface area contributed by atoms with Crippen molar-refractivity contribution < 1.29 is 0 Å². The summed E-state index contributed by atoms with van der Waals surface area (Å²) in [5, 5.41) is 68.2. The Hall–Kier alpha value is -7.02. The van der Waals surface area contributed by atoms with Crippen LogP contribution < -0.4 is 0 Å². The van der Waals surface area contributed by atoms with E-state index in [4.69, 9.17) is 0 Å². The van der Waals surface area contributed by atoms with Gasteiger partial charge in [0, 0.05) is 33.0 Å². The third kappa shape index (κ3) is 1.17. The Bertz CT molecular complexity index is 6260. The molecule has 0 saturated carbocycles. The molecule has 32 rings (SSSR count). The summed E-state index contributed by atoms with van der Waals surface area (Å²) in [6.45, 7) is 14.3. The van der Waals surface area contributed by atoms with Gasteiger partial charge in [-0.25, -0.2) is 0 Å². The Labute approximate surface area is 359 Å². The van der Waals surface area contributed by atoms with Crippen LogP contribution in [0, 0.1) is 5.92 Å². The maximum Gasteiger partial charge on any atom is 0.0446 e. The summed E-state index contributed by atoms with van der Waals surface area (Å²) in [7, 11) is 0. The molecule has 0 saturated heterocycles. The predicted molar refractivity (Wildman–Crippen MR) is 268 cm³/mol. The first kappa shape index (κ1) is 24.3. The summed E-state index contributed by atoms with van der Waals surface area (Å²) in [6, 6.07) is 0. The molecule has 0 nitrogen and oxygen atoms in total. The highest BCUT2D eigenvalue weighted by atomic mass is 14.8. The van der Waals surface area contributed by atoms with E-state index in [0.717, 1.165) is 0 Å². The molecule has 65 heavy (non-hydrogen) atoms. The second-order valence-corrected chi connectivity index (χ2v) is 26.5. The minimum absolute atomic E-state index is 0.108. The highest BCUT2D eigenvalue weighted by Crippen LogP contribution is 2.90.